The minimum atomic E-state index is -0.899. The molecule has 1 saturated heterocycles. The molecule has 1 fully saturated rings. The third-order valence-corrected chi connectivity index (χ3v) is 4.43. The Hall–Kier alpha value is -3.39. The number of hydrogen-bond donors (Lipinski definition) is 2. The number of amides is 2. The molecule has 8 heteroatoms. The fourth-order valence-corrected chi connectivity index (χ4v) is 2.77. The lowest BCUT2D eigenvalue weighted by molar-refractivity contribution is -0.126. The van der Waals surface area contributed by atoms with Crippen LogP contribution in [0.15, 0.2) is 53.7 Å². The zero-order valence-corrected chi connectivity index (χ0v) is 16.1. The fourth-order valence-electron chi connectivity index (χ4n) is 2.77. The van der Waals surface area contributed by atoms with Gasteiger partial charge in [-0.15, -0.1) is 0 Å². The standard InChI is InChI=1S/C21H23N3O5/c1-15(29-22-14-16-6-2-5-9-19(16)25)20(26)23-18-8-4-3-7-17(18)21(27)24-10-12-28-13-11-24/h2-9,14-15,25H,10-13H2,1H3,(H,23,26)/b22-14+/t15-/m0/s1. The number of nitrogens with one attached hydrogen (secondary N) is 1. The van der Waals surface area contributed by atoms with E-state index in [-0.39, 0.29) is 11.7 Å². The van der Waals surface area contributed by atoms with Crippen molar-refractivity contribution in [1.82, 2.24) is 4.90 Å². The minimum absolute atomic E-state index is 0.0625. The van der Waals surface area contributed by atoms with Crippen LogP contribution < -0.4 is 5.32 Å². The molecular formula is C21H23N3O5. The molecule has 1 aliphatic rings. The van der Waals surface area contributed by atoms with Gasteiger partial charge >= 0.3 is 0 Å². The van der Waals surface area contributed by atoms with E-state index in [1.54, 1.807) is 54.3 Å². The molecule has 2 amide bonds. The molecule has 0 unspecified atom stereocenters. The molecule has 8 nitrogen and oxygen atoms in total. The van der Waals surface area contributed by atoms with E-state index in [0.717, 1.165) is 0 Å². The monoisotopic (exact) mass is 397 g/mol. The number of oxime groups is 1. The Balaban J connectivity index is 1.62. The van der Waals surface area contributed by atoms with Crippen LogP contribution in [-0.4, -0.2) is 60.4 Å². The fraction of sp³-hybridized carbons (Fsp3) is 0.286. The number of nitrogens with zero attached hydrogens (tertiary/aromatic N) is 2. The molecule has 29 heavy (non-hydrogen) atoms. The summed E-state index contributed by atoms with van der Waals surface area (Å²) in [6.07, 6.45) is 0.429. The van der Waals surface area contributed by atoms with E-state index in [4.69, 9.17) is 9.57 Å². The minimum Gasteiger partial charge on any atom is -0.507 e. The van der Waals surface area contributed by atoms with Crippen LogP contribution in [0.3, 0.4) is 0 Å². The van der Waals surface area contributed by atoms with Crippen molar-refractivity contribution in [2.75, 3.05) is 31.6 Å². The largest absolute Gasteiger partial charge is 0.507 e. The number of carbonyl (C=O) groups excluding carboxylic acids is 2. The molecule has 1 heterocycles. The third kappa shape index (κ3) is 5.32. The smallest absolute Gasteiger partial charge is 0.268 e. The Bertz CT molecular complexity index is 893. The first kappa shape index (κ1) is 20.3. The van der Waals surface area contributed by atoms with E-state index < -0.39 is 12.0 Å². The predicted octanol–water partition coefficient (Wildman–Crippen LogP) is 2.24. The van der Waals surface area contributed by atoms with Crippen LogP contribution in [0, 0.1) is 0 Å². The first-order valence-corrected chi connectivity index (χ1v) is 9.30. The number of ether oxygens (including phenoxy) is 1. The Morgan fingerprint density at radius 2 is 1.86 bits per heavy atom. The molecule has 0 spiro atoms. The van der Waals surface area contributed by atoms with Crippen LogP contribution in [0.25, 0.3) is 0 Å². The van der Waals surface area contributed by atoms with Crippen LogP contribution in [0.4, 0.5) is 5.69 Å². The molecular weight excluding hydrogens is 374 g/mol. The number of hydrogen-bond acceptors (Lipinski definition) is 6. The Morgan fingerprint density at radius 3 is 2.62 bits per heavy atom. The molecule has 0 saturated carbocycles. The number of benzene rings is 2. The van der Waals surface area contributed by atoms with Crippen molar-refractivity contribution in [3.05, 3.63) is 59.7 Å². The lowest BCUT2D eigenvalue weighted by atomic mass is 10.1. The number of anilines is 1. The number of phenols is 1. The van der Waals surface area contributed by atoms with Crippen molar-refractivity contribution in [3.8, 4) is 5.75 Å². The maximum absolute atomic E-state index is 12.8. The van der Waals surface area contributed by atoms with E-state index in [9.17, 15) is 14.7 Å². The second-order valence-electron chi connectivity index (χ2n) is 6.48. The highest BCUT2D eigenvalue weighted by Crippen LogP contribution is 2.19. The molecule has 3 rings (SSSR count). The van der Waals surface area contributed by atoms with Gasteiger partial charge in [0.25, 0.3) is 11.8 Å². The highest BCUT2D eigenvalue weighted by Gasteiger charge is 2.23. The maximum atomic E-state index is 12.8. The van der Waals surface area contributed by atoms with Crippen molar-refractivity contribution in [3.63, 3.8) is 0 Å². The van der Waals surface area contributed by atoms with E-state index in [1.165, 1.54) is 12.3 Å². The quantitative estimate of drug-likeness (QED) is 0.575. The number of aromatic hydroxyl groups is 1. The van der Waals surface area contributed by atoms with E-state index in [1.807, 2.05) is 0 Å². The van der Waals surface area contributed by atoms with Crippen molar-refractivity contribution < 1.29 is 24.3 Å². The van der Waals surface area contributed by atoms with Gasteiger partial charge in [-0.05, 0) is 31.2 Å². The third-order valence-electron chi connectivity index (χ3n) is 4.43. The summed E-state index contributed by atoms with van der Waals surface area (Å²) in [6, 6.07) is 13.5. The van der Waals surface area contributed by atoms with Crippen LogP contribution in [0.1, 0.15) is 22.8 Å². The lowest BCUT2D eigenvalue weighted by Crippen LogP contribution is -2.41. The molecule has 0 radical (unpaired) electrons. The summed E-state index contributed by atoms with van der Waals surface area (Å²) in [7, 11) is 0. The Morgan fingerprint density at radius 1 is 1.17 bits per heavy atom. The van der Waals surface area contributed by atoms with Gasteiger partial charge in [0.05, 0.1) is 30.7 Å². The predicted molar refractivity (Wildman–Crippen MR) is 108 cm³/mol. The Labute approximate surface area is 168 Å². The molecule has 152 valence electrons. The van der Waals surface area contributed by atoms with Crippen molar-refractivity contribution in [1.29, 1.82) is 0 Å². The average Bonchev–Trinajstić information content (AvgIpc) is 2.75. The van der Waals surface area contributed by atoms with Gasteiger partial charge in [0, 0.05) is 18.7 Å². The molecule has 0 aliphatic carbocycles. The van der Waals surface area contributed by atoms with E-state index >= 15 is 0 Å². The van der Waals surface area contributed by atoms with Gasteiger partial charge in [0.2, 0.25) is 6.10 Å². The van der Waals surface area contributed by atoms with Crippen LogP contribution in [0.5, 0.6) is 5.75 Å². The number of carbonyl (C=O) groups is 2. The van der Waals surface area contributed by atoms with Crippen molar-refractivity contribution >= 4 is 23.7 Å². The van der Waals surface area contributed by atoms with Crippen LogP contribution >= 0.6 is 0 Å². The highest BCUT2D eigenvalue weighted by molar-refractivity contribution is 6.04. The lowest BCUT2D eigenvalue weighted by Gasteiger charge is -2.27. The van der Waals surface area contributed by atoms with Gasteiger partial charge in [-0.1, -0.05) is 29.4 Å². The normalized spacial score (nSPS) is 15.1. The summed E-state index contributed by atoms with van der Waals surface area (Å²) < 4.78 is 5.28. The zero-order chi connectivity index (χ0) is 20.6. The number of rotatable bonds is 6. The van der Waals surface area contributed by atoms with Crippen molar-refractivity contribution in [2.24, 2.45) is 5.16 Å². The molecule has 2 aromatic carbocycles. The summed E-state index contributed by atoms with van der Waals surface area (Å²) in [5.74, 6) is -0.537. The van der Waals surface area contributed by atoms with Gasteiger partial charge in [-0.25, -0.2) is 0 Å². The van der Waals surface area contributed by atoms with Gasteiger partial charge in [-0.2, -0.15) is 0 Å². The van der Waals surface area contributed by atoms with Gasteiger partial charge < -0.3 is 24.9 Å². The molecule has 0 bridgehead atoms. The first-order valence-electron chi connectivity index (χ1n) is 9.30. The number of para-hydroxylation sites is 2. The second-order valence-corrected chi connectivity index (χ2v) is 6.48. The molecule has 0 aromatic heterocycles. The van der Waals surface area contributed by atoms with Crippen molar-refractivity contribution in [2.45, 2.75) is 13.0 Å². The highest BCUT2D eigenvalue weighted by atomic mass is 16.6. The number of phenolic OH excluding ortho intramolecular Hbond substituents is 1. The van der Waals surface area contributed by atoms with Crippen LogP contribution in [-0.2, 0) is 14.4 Å². The van der Waals surface area contributed by atoms with E-state index in [2.05, 4.69) is 10.5 Å². The molecule has 1 aliphatic heterocycles. The summed E-state index contributed by atoms with van der Waals surface area (Å²) in [4.78, 5) is 32.1. The van der Waals surface area contributed by atoms with Gasteiger partial charge in [-0.3, -0.25) is 9.59 Å². The molecule has 2 N–H and O–H groups in total. The number of morpholine rings is 1. The second kappa shape index (κ2) is 9.70. The zero-order valence-electron chi connectivity index (χ0n) is 16.1. The maximum Gasteiger partial charge on any atom is 0.268 e. The summed E-state index contributed by atoms with van der Waals surface area (Å²) in [6.45, 7) is 3.58. The van der Waals surface area contributed by atoms with Crippen LogP contribution in [0.2, 0.25) is 0 Å². The SMILES string of the molecule is C[C@H](O/N=C/c1ccccc1O)C(=O)Nc1ccccc1C(=O)N1CCOCC1. The van der Waals surface area contributed by atoms with Gasteiger partial charge in [0.1, 0.15) is 5.75 Å². The molecule has 1 atom stereocenters. The molecule has 2 aromatic rings. The summed E-state index contributed by atoms with van der Waals surface area (Å²) >= 11 is 0. The summed E-state index contributed by atoms with van der Waals surface area (Å²) in [5.41, 5.74) is 1.29. The Kier molecular flexibility index (Phi) is 6.80. The first-order chi connectivity index (χ1) is 14.1. The van der Waals surface area contributed by atoms with E-state index in [0.29, 0.717) is 43.1 Å². The van der Waals surface area contributed by atoms with Gasteiger partial charge in [0.15, 0.2) is 0 Å². The average molecular weight is 397 g/mol. The summed E-state index contributed by atoms with van der Waals surface area (Å²) in [5, 5.41) is 16.2. The topological polar surface area (TPSA) is 100 Å².